The number of nitrogens with two attached hydrogens (primary N) is 1. The van der Waals surface area contributed by atoms with Crippen molar-refractivity contribution in [2.45, 2.75) is 6.42 Å². The van der Waals surface area contributed by atoms with E-state index < -0.39 is 16.1 Å². The van der Waals surface area contributed by atoms with Crippen molar-refractivity contribution < 1.29 is 13.2 Å². The molecule has 0 atom stereocenters. The third-order valence-corrected chi connectivity index (χ3v) is 2.91. The summed E-state index contributed by atoms with van der Waals surface area (Å²) in [6, 6.07) is -1.13. The topological polar surface area (TPSA) is 113 Å². The summed E-state index contributed by atoms with van der Waals surface area (Å²) >= 11 is 0. The maximum Gasteiger partial charge on any atom is 0.326 e. The van der Waals surface area contributed by atoms with Crippen molar-refractivity contribution in [2.24, 2.45) is 5.73 Å². The third kappa shape index (κ3) is 2.43. The van der Waals surface area contributed by atoms with Crippen LogP contribution in [0, 0.1) is 5.41 Å². The van der Waals surface area contributed by atoms with Gasteiger partial charge in [0.15, 0.2) is 0 Å². The molecule has 1 aliphatic carbocycles. The van der Waals surface area contributed by atoms with Crippen molar-refractivity contribution in [1.82, 2.24) is 4.72 Å². The van der Waals surface area contributed by atoms with Gasteiger partial charge in [-0.2, -0.15) is 0 Å². The predicted molar refractivity (Wildman–Crippen MR) is 51.2 cm³/mol. The van der Waals surface area contributed by atoms with Crippen LogP contribution in [0.5, 0.6) is 0 Å². The fourth-order valence-corrected chi connectivity index (χ4v) is 1.85. The average molecular weight is 215 g/mol. The fraction of sp³-hybridized carbons (Fsp3) is 0.143. The second-order valence-corrected chi connectivity index (χ2v) is 4.32. The van der Waals surface area contributed by atoms with Crippen molar-refractivity contribution in [1.29, 1.82) is 5.41 Å². The number of hydrogen-bond acceptors (Lipinski definition) is 4. The van der Waals surface area contributed by atoms with Crippen LogP contribution in [0.1, 0.15) is 6.42 Å². The van der Waals surface area contributed by atoms with Gasteiger partial charge in [0.25, 0.3) is 10.0 Å². The van der Waals surface area contributed by atoms with E-state index in [1.807, 2.05) is 0 Å². The van der Waals surface area contributed by atoms with Crippen LogP contribution in [-0.4, -0.2) is 20.2 Å². The van der Waals surface area contributed by atoms with Gasteiger partial charge >= 0.3 is 6.03 Å². The molecule has 4 N–H and O–H groups in total. The standard InChI is InChI=1S/C7H9N3O3S/c8-5-1-3-6(4-2-5)14(12,13)10-7(9)11/h1,3-4,8H,2H2,(H3,9,10,11). The number of carbonyl (C=O) groups is 1. The van der Waals surface area contributed by atoms with Crippen molar-refractivity contribution in [3.63, 3.8) is 0 Å². The molecule has 0 spiro atoms. The third-order valence-electron chi connectivity index (χ3n) is 1.52. The maximum absolute atomic E-state index is 11.3. The average Bonchev–Trinajstić information content (AvgIpc) is 2.02. The Morgan fingerprint density at radius 3 is 2.57 bits per heavy atom. The van der Waals surface area contributed by atoms with E-state index >= 15 is 0 Å². The first-order valence-corrected chi connectivity index (χ1v) is 5.18. The number of primary amides is 1. The van der Waals surface area contributed by atoms with Gasteiger partial charge in [0.05, 0.1) is 4.91 Å². The van der Waals surface area contributed by atoms with Gasteiger partial charge in [-0.15, -0.1) is 0 Å². The SMILES string of the molecule is N=C1C=CC(S(=O)(=O)NC(N)=O)=CC1. The summed E-state index contributed by atoms with van der Waals surface area (Å²) in [6.45, 7) is 0. The van der Waals surface area contributed by atoms with Crippen LogP contribution in [0.25, 0.3) is 0 Å². The molecule has 2 amide bonds. The van der Waals surface area contributed by atoms with Gasteiger partial charge < -0.3 is 11.1 Å². The van der Waals surface area contributed by atoms with Crippen LogP contribution in [0.2, 0.25) is 0 Å². The lowest BCUT2D eigenvalue weighted by Gasteiger charge is -2.08. The van der Waals surface area contributed by atoms with Gasteiger partial charge in [-0.25, -0.2) is 17.9 Å². The molecule has 0 saturated carbocycles. The van der Waals surface area contributed by atoms with E-state index in [0.717, 1.165) is 0 Å². The van der Waals surface area contributed by atoms with E-state index in [2.05, 4.69) is 5.73 Å². The highest BCUT2D eigenvalue weighted by molar-refractivity contribution is 7.94. The monoisotopic (exact) mass is 215 g/mol. The molecule has 0 fully saturated rings. The highest BCUT2D eigenvalue weighted by Crippen LogP contribution is 2.12. The van der Waals surface area contributed by atoms with Crippen molar-refractivity contribution in [3.8, 4) is 0 Å². The molecule has 6 nitrogen and oxygen atoms in total. The molecule has 0 bridgehead atoms. The van der Waals surface area contributed by atoms with Gasteiger partial charge in [0, 0.05) is 12.1 Å². The summed E-state index contributed by atoms with van der Waals surface area (Å²) in [5, 5.41) is 7.19. The van der Waals surface area contributed by atoms with Crippen molar-refractivity contribution in [2.75, 3.05) is 0 Å². The Bertz CT molecular complexity index is 433. The molecule has 0 aromatic rings. The Labute approximate surface area is 81.0 Å². The highest BCUT2D eigenvalue weighted by Gasteiger charge is 2.18. The summed E-state index contributed by atoms with van der Waals surface area (Å²) < 4.78 is 24.2. The molecule has 0 aromatic heterocycles. The maximum atomic E-state index is 11.3. The lowest BCUT2D eigenvalue weighted by Crippen LogP contribution is -2.35. The van der Waals surface area contributed by atoms with Crippen LogP contribution in [-0.2, 0) is 10.0 Å². The first-order valence-electron chi connectivity index (χ1n) is 3.70. The zero-order valence-electron chi connectivity index (χ0n) is 7.15. The Kier molecular flexibility index (Phi) is 2.70. The van der Waals surface area contributed by atoms with E-state index in [9.17, 15) is 13.2 Å². The van der Waals surface area contributed by atoms with E-state index in [1.165, 1.54) is 18.2 Å². The largest absolute Gasteiger partial charge is 0.351 e. The molecule has 0 saturated heterocycles. The minimum Gasteiger partial charge on any atom is -0.351 e. The Hall–Kier alpha value is -1.63. The van der Waals surface area contributed by atoms with Crippen molar-refractivity contribution in [3.05, 3.63) is 23.1 Å². The van der Waals surface area contributed by atoms with E-state index in [1.54, 1.807) is 4.72 Å². The molecule has 0 unspecified atom stereocenters. The molecule has 0 aliphatic heterocycles. The van der Waals surface area contributed by atoms with E-state index in [0.29, 0.717) is 5.71 Å². The molecular formula is C7H9N3O3S. The second-order valence-electron chi connectivity index (χ2n) is 2.64. The number of nitrogens with one attached hydrogen (secondary N) is 2. The Balaban J connectivity index is 2.91. The summed E-state index contributed by atoms with van der Waals surface area (Å²) in [5.41, 5.74) is 5.00. The zero-order valence-corrected chi connectivity index (χ0v) is 7.97. The minimum atomic E-state index is -3.85. The van der Waals surface area contributed by atoms with Crippen LogP contribution in [0.4, 0.5) is 4.79 Å². The summed E-state index contributed by atoms with van der Waals surface area (Å²) in [7, 11) is -3.85. The molecule has 1 rings (SSSR count). The predicted octanol–water partition coefficient (Wildman–Crippen LogP) is -0.152. The molecule has 0 radical (unpaired) electrons. The number of urea groups is 1. The minimum absolute atomic E-state index is 0.0488. The van der Waals surface area contributed by atoms with Gasteiger partial charge in [-0.1, -0.05) is 6.08 Å². The fourth-order valence-electron chi connectivity index (χ4n) is 0.920. The molecule has 14 heavy (non-hydrogen) atoms. The Morgan fingerprint density at radius 2 is 2.14 bits per heavy atom. The summed E-state index contributed by atoms with van der Waals surface area (Å²) in [6.07, 6.45) is 4.17. The number of allylic oxidation sites excluding steroid dienone is 3. The number of sulfonamides is 1. The van der Waals surface area contributed by atoms with Crippen molar-refractivity contribution >= 4 is 21.8 Å². The number of rotatable bonds is 2. The number of amides is 2. The lowest BCUT2D eigenvalue weighted by molar-refractivity contribution is 0.253. The molecular weight excluding hydrogens is 206 g/mol. The normalized spacial score (nSPS) is 16.3. The smallest absolute Gasteiger partial charge is 0.326 e. The Morgan fingerprint density at radius 1 is 1.50 bits per heavy atom. The van der Waals surface area contributed by atoms with Crippen LogP contribution >= 0.6 is 0 Å². The first kappa shape index (κ1) is 10.5. The molecule has 0 aromatic carbocycles. The number of hydrogen-bond donors (Lipinski definition) is 3. The molecule has 0 heterocycles. The van der Waals surface area contributed by atoms with Gasteiger partial charge in [-0.3, -0.25) is 0 Å². The molecule has 76 valence electrons. The van der Waals surface area contributed by atoms with Gasteiger partial charge in [0.1, 0.15) is 0 Å². The van der Waals surface area contributed by atoms with Crippen LogP contribution in [0.15, 0.2) is 23.1 Å². The second kappa shape index (κ2) is 3.62. The summed E-state index contributed by atoms with van der Waals surface area (Å²) in [5.74, 6) is 0. The summed E-state index contributed by atoms with van der Waals surface area (Å²) in [4.78, 5) is 10.3. The molecule has 7 heteroatoms. The number of carbonyl (C=O) groups excluding carboxylic acids is 1. The van der Waals surface area contributed by atoms with E-state index in [-0.39, 0.29) is 11.3 Å². The lowest BCUT2D eigenvalue weighted by atomic mass is 10.2. The highest BCUT2D eigenvalue weighted by atomic mass is 32.2. The quantitative estimate of drug-likeness (QED) is 0.595. The van der Waals surface area contributed by atoms with Gasteiger partial charge in [0.2, 0.25) is 0 Å². The van der Waals surface area contributed by atoms with Crippen LogP contribution in [0.3, 0.4) is 0 Å². The van der Waals surface area contributed by atoms with E-state index in [4.69, 9.17) is 5.41 Å². The zero-order chi connectivity index (χ0) is 10.8. The molecule has 1 aliphatic rings. The first-order chi connectivity index (χ1) is 6.42. The van der Waals surface area contributed by atoms with Crippen LogP contribution < -0.4 is 10.5 Å². The van der Waals surface area contributed by atoms with Gasteiger partial charge in [-0.05, 0) is 12.2 Å².